The van der Waals surface area contributed by atoms with Crippen molar-refractivity contribution < 1.29 is 43.1 Å². The Bertz CT molecular complexity index is 1070. The van der Waals surface area contributed by atoms with Gasteiger partial charge in [-0.2, -0.15) is 0 Å². The summed E-state index contributed by atoms with van der Waals surface area (Å²) in [7, 11) is 0. The Hall–Kier alpha value is -3.06. The van der Waals surface area contributed by atoms with Crippen molar-refractivity contribution in [2.45, 2.75) is 57.2 Å². The highest BCUT2D eigenvalue weighted by Crippen LogP contribution is 2.30. The third-order valence-electron chi connectivity index (χ3n) is 6.75. The summed E-state index contributed by atoms with van der Waals surface area (Å²) in [5.41, 5.74) is 1.19. The van der Waals surface area contributed by atoms with Crippen LogP contribution in [0.15, 0.2) is 60.7 Å². The molecule has 2 heterocycles. The molecule has 0 bridgehead atoms. The number of aliphatic hydroxyl groups is 1. The van der Waals surface area contributed by atoms with E-state index in [9.17, 15) is 14.7 Å². The Morgan fingerprint density at radius 3 is 2.29 bits per heavy atom. The van der Waals surface area contributed by atoms with E-state index in [2.05, 4.69) is 10.2 Å². The van der Waals surface area contributed by atoms with E-state index < -0.39 is 49.4 Å². The van der Waals surface area contributed by atoms with Crippen LogP contribution in [0.4, 0.5) is 4.79 Å². The van der Waals surface area contributed by atoms with Crippen LogP contribution in [0.2, 0.25) is 0 Å². The topological polar surface area (TPSA) is 125 Å². The minimum atomic E-state index is -1.19. The van der Waals surface area contributed by atoms with Gasteiger partial charge in [0.05, 0.1) is 38.6 Å². The molecule has 0 unspecified atom stereocenters. The smallest absolute Gasteiger partial charge is 0.407 e. The monoisotopic (exact) mass is 572 g/mol. The second kappa shape index (κ2) is 15.8. The van der Waals surface area contributed by atoms with E-state index in [4.69, 9.17) is 28.4 Å². The molecule has 2 fully saturated rings. The summed E-state index contributed by atoms with van der Waals surface area (Å²) in [6.45, 7) is 7.00. The molecule has 0 aromatic heterocycles. The number of hydrogen-bond donors (Lipinski definition) is 2. The van der Waals surface area contributed by atoms with Crippen LogP contribution in [0.25, 0.3) is 0 Å². The summed E-state index contributed by atoms with van der Waals surface area (Å²) in [5.74, 6) is -0.636. The Kier molecular flexibility index (Phi) is 11.9. The molecule has 2 aliphatic heterocycles. The highest BCUT2D eigenvalue weighted by molar-refractivity contribution is 5.89. The van der Waals surface area contributed by atoms with Gasteiger partial charge in [-0.3, -0.25) is 4.90 Å². The number of aliphatic hydroxyl groups excluding tert-OH is 1. The number of alkyl carbamates (subject to hydrolysis) is 1. The van der Waals surface area contributed by atoms with Crippen molar-refractivity contribution in [2.75, 3.05) is 46.1 Å². The lowest BCUT2D eigenvalue weighted by Gasteiger charge is -2.44. The van der Waals surface area contributed by atoms with Crippen molar-refractivity contribution in [3.8, 4) is 0 Å². The van der Waals surface area contributed by atoms with E-state index in [0.29, 0.717) is 25.3 Å². The van der Waals surface area contributed by atoms with Crippen molar-refractivity contribution in [3.63, 3.8) is 0 Å². The lowest BCUT2D eigenvalue weighted by atomic mass is 9.98. The quantitative estimate of drug-likeness (QED) is 0.366. The molecule has 224 valence electrons. The lowest BCUT2D eigenvalue weighted by Crippen LogP contribution is -2.63. The summed E-state index contributed by atoms with van der Waals surface area (Å²) in [4.78, 5) is 28.3. The fourth-order valence-electron chi connectivity index (χ4n) is 4.67. The average Bonchev–Trinajstić information content (AvgIpc) is 2.98. The zero-order valence-corrected chi connectivity index (χ0v) is 23.6. The van der Waals surface area contributed by atoms with Gasteiger partial charge < -0.3 is 38.8 Å². The van der Waals surface area contributed by atoms with Crippen LogP contribution in [0.3, 0.4) is 0 Å². The number of amides is 1. The number of morpholine rings is 1. The van der Waals surface area contributed by atoms with Crippen LogP contribution in [0, 0.1) is 0 Å². The van der Waals surface area contributed by atoms with Gasteiger partial charge in [-0.15, -0.1) is 0 Å². The van der Waals surface area contributed by atoms with Gasteiger partial charge in [0.2, 0.25) is 0 Å². The molecule has 2 aromatic rings. The van der Waals surface area contributed by atoms with Crippen LogP contribution >= 0.6 is 0 Å². The molecule has 1 amide bonds. The zero-order chi connectivity index (χ0) is 29.0. The number of carbonyl (C=O) groups excluding carboxylic acids is 2. The normalized spacial score (nSPS) is 25.0. The second-order valence-electron chi connectivity index (χ2n) is 10.2. The first-order valence-electron chi connectivity index (χ1n) is 14.0. The highest BCUT2D eigenvalue weighted by Gasteiger charge is 2.51. The maximum absolute atomic E-state index is 13.2. The third kappa shape index (κ3) is 9.22. The maximum Gasteiger partial charge on any atom is 0.407 e. The number of carbonyl (C=O) groups is 2. The largest absolute Gasteiger partial charge is 0.449 e. The number of hydrogen-bond acceptors (Lipinski definition) is 10. The molecular formula is C30H40N2O9. The van der Waals surface area contributed by atoms with Gasteiger partial charge in [0.1, 0.15) is 12.2 Å². The van der Waals surface area contributed by atoms with Crippen LogP contribution in [0.1, 0.15) is 29.8 Å². The first-order valence-corrected chi connectivity index (χ1v) is 14.0. The lowest BCUT2D eigenvalue weighted by molar-refractivity contribution is -0.307. The van der Waals surface area contributed by atoms with Crippen molar-refractivity contribution in [2.24, 2.45) is 0 Å². The number of nitrogens with zero attached hydrogens (tertiary/aromatic N) is 1. The number of nitrogens with one attached hydrogen (secondary N) is 1. The summed E-state index contributed by atoms with van der Waals surface area (Å²) in [6.07, 6.45) is -6.07. The number of esters is 1. The molecule has 2 aliphatic rings. The molecule has 2 aromatic carbocycles. The first-order chi connectivity index (χ1) is 19.9. The summed E-state index contributed by atoms with van der Waals surface area (Å²) < 4.78 is 35.7. The summed E-state index contributed by atoms with van der Waals surface area (Å²) >= 11 is 0. The third-order valence-corrected chi connectivity index (χ3v) is 6.75. The Labute approximate surface area is 240 Å². The molecule has 0 spiro atoms. The molecule has 2 N–H and O–H groups in total. The van der Waals surface area contributed by atoms with E-state index in [0.717, 1.165) is 18.7 Å². The first kappa shape index (κ1) is 30.9. The van der Waals surface area contributed by atoms with Gasteiger partial charge in [-0.25, -0.2) is 9.59 Å². The maximum atomic E-state index is 13.2. The molecular weight excluding hydrogens is 532 g/mol. The SMILES string of the molecule is CC(C)NC(=O)O[C@@H]1[C@@H](OC(=O)c2ccccc2)[C@H](OCCN2CCOCC2)O[C@H](CO)[C@H]1OCc1ccccc1. The molecule has 11 heteroatoms. The molecule has 5 atom stereocenters. The zero-order valence-electron chi connectivity index (χ0n) is 23.6. The van der Waals surface area contributed by atoms with Gasteiger partial charge in [-0.1, -0.05) is 48.5 Å². The number of ether oxygens (including phenoxy) is 6. The minimum Gasteiger partial charge on any atom is -0.449 e. The minimum absolute atomic E-state index is 0.152. The molecule has 0 aliphatic carbocycles. The van der Waals surface area contributed by atoms with Crippen molar-refractivity contribution >= 4 is 12.1 Å². The molecule has 41 heavy (non-hydrogen) atoms. The Morgan fingerprint density at radius 1 is 0.951 bits per heavy atom. The van der Waals surface area contributed by atoms with E-state index in [-0.39, 0.29) is 19.3 Å². The summed E-state index contributed by atoms with van der Waals surface area (Å²) in [6, 6.07) is 17.7. The van der Waals surface area contributed by atoms with Crippen LogP contribution < -0.4 is 5.32 Å². The van der Waals surface area contributed by atoms with Crippen LogP contribution in [-0.2, 0) is 35.0 Å². The van der Waals surface area contributed by atoms with Crippen LogP contribution in [0.5, 0.6) is 0 Å². The van der Waals surface area contributed by atoms with Crippen molar-refractivity contribution in [1.29, 1.82) is 0 Å². The number of benzene rings is 2. The van der Waals surface area contributed by atoms with Crippen LogP contribution in [-0.4, -0.2) is 105 Å². The summed E-state index contributed by atoms with van der Waals surface area (Å²) in [5, 5.41) is 13.0. The predicted molar refractivity (Wildman–Crippen MR) is 148 cm³/mol. The number of rotatable bonds is 12. The van der Waals surface area contributed by atoms with Gasteiger partial charge in [-0.05, 0) is 31.5 Å². The average molecular weight is 573 g/mol. The van der Waals surface area contributed by atoms with Crippen molar-refractivity contribution in [1.82, 2.24) is 10.2 Å². The van der Waals surface area contributed by atoms with Crippen molar-refractivity contribution in [3.05, 3.63) is 71.8 Å². The molecule has 2 saturated heterocycles. The molecule has 0 radical (unpaired) electrons. The van der Waals surface area contributed by atoms with Gasteiger partial charge >= 0.3 is 12.1 Å². The van der Waals surface area contributed by atoms with Gasteiger partial charge in [0.25, 0.3) is 0 Å². The Morgan fingerprint density at radius 2 is 1.63 bits per heavy atom. The molecule has 0 saturated carbocycles. The standard InChI is InChI=1S/C30H40N2O9/c1-21(2)31-30(35)41-26-25(38-20-22-9-5-3-6-10-22)24(19-33)39-29(37-18-15-32-13-16-36-17-14-32)27(26)40-28(34)23-11-7-4-8-12-23/h3-12,21,24-27,29,33H,13-20H2,1-2H3,(H,31,35)/t24-,25-,26+,27-,29-/m1/s1. The fraction of sp³-hybridized carbons (Fsp3) is 0.533. The second-order valence-corrected chi connectivity index (χ2v) is 10.2. The van der Waals surface area contributed by atoms with E-state index in [1.54, 1.807) is 44.2 Å². The highest BCUT2D eigenvalue weighted by atomic mass is 16.7. The predicted octanol–water partition coefficient (Wildman–Crippen LogP) is 2.37. The van der Waals surface area contributed by atoms with E-state index in [1.165, 1.54) is 0 Å². The molecule has 4 rings (SSSR count). The molecule has 11 nitrogen and oxygen atoms in total. The van der Waals surface area contributed by atoms with E-state index in [1.807, 2.05) is 30.3 Å². The van der Waals surface area contributed by atoms with Gasteiger partial charge in [0, 0.05) is 25.7 Å². The Balaban J connectivity index is 1.59. The van der Waals surface area contributed by atoms with Gasteiger partial charge in [0.15, 0.2) is 18.5 Å². The van der Waals surface area contributed by atoms with E-state index >= 15 is 0 Å². The fourth-order valence-corrected chi connectivity index (χ4v) is 4.67.